The predicted octanol–water partition coefficient (Wildman–Crippen LogP) is 4.42. The lowest BCUT2D eigenvalue weighted by atomic mass is 10.1. The van der Waals surface area contributed by atoms with Crippen LogP contribution in [0.3, 0.4) is 0 Å². The molecule has 9 heteroatoms. The molecule has 4 rings (SSSR count). The molecule has 0 aliphatic heterocycles. The van der Waals surface area contributed by atoms with Crippen molar-refractivity contribution in [3.05, 3.63) is 69.1 Å². The number of hydrogen-bond acceptors (Lipinski definition) is 7. The van der Waals surface area contributed by atoms with Crippen LogP contribution in [0.1, 0.15) is 15.2 Å². The van der Waals surface area contributed by atoms with E-state index in [1.807, 2.05) is 31.2 Å². The highest BCUT2D eigenvalue weighted by molar-refractivity contribution is 7.20. The maximum Gasteiger partial charge on any atom is 0.322 e. The Morgan fingerprint density at radius 3 is 2.81 bits per heavy atom. The Morgan fingerprint density at radius 1 is 1.19 bits per heavy atom. The molecule has 0 aliphatic carbocycles. The molecule has 0 radical (unpaired) electrons. The minimum absolute atomic E-state index is 0.0139. The molecule has 0 saturated heterocycles. The number of aryl methyl sites for hydroxylation is 1. The van der Waals surface area contributed by atoms with Crippen LogP contribution in [-0.2, 0) is 0 Å². The van der Waals surface area contributed by atoms with Gasteiger partial charge in [-0.3, -0.25) is 20.2 Å². The predicted molar refractivity (Wildman–Crippen MR) is 101 cm³/mol. The summed E-state index contributed by atoms with van der Waals surface area (Å²) in [4.78, 5) is 23.2. The van der Waals surface area contributed by atoms with Gasteiger partial charge in [-0.2, -0.15) is 0 Å². The minimum atomic E-state index is -0.470. The summed E-state index contributed by atoms with van der Waals surface area (Å²) < 4.78 is 6.28. The van der Waals surface area contributed by atoms with Gasteiger partial charge < -0.3 is 4.42 Å². The molecule has 0 saturated carbocycles. The Bertz CT molecular complexity index is 1180. The first kappa shape index (κ1) is 16.9. The maximum atomic E-state index is 12.4. The Balaban J connectivity index is 1.56. The van der Waals surface area contributed by atoms with Gasteiger partial charge in [0.1, 0.15) is 0 Å². The number of benzene rings is 2. The van der Waals surface area contributed by atoms with Crippen molar-refractivity contribution in [1.82, 2.24) is 10.2 Å². The number of rotatable bonds is 4. The molecule has 0 atom stereocenters. The molecule has 0 aliphatic rings. The van der Waals surface area contributed by atoms with Crippen molar-refractivity contribution in [3.8, 4) is 11.5 Å². The number of nitrogens with zero attached hydrogens (tertiary/aromatic N) is 3. The van der Waals surface area contributed by atoms with Crippen molar-refractivity contribution in [1.29, 1.82) is 0 Å². The summed E-state index contributed by atoms with van der Waals surface area (Å²) in [6, 6.07) is 13.6. The molecule has 0 bridgehead atoms. The van der Waals surface area contributed by atoms with Crippen molar-refractivity contribution in [2.75, 3.05) is 5.32 Å². The standard InChI is InChI=1S/C18H12N4O4S/c1-10-3-2-4-11(7-10)17-20-21-18(26-17)19-16(23)15-9-12-8-13(22(24)25)5-6-14(12)27-15/h2-9H,1H3,(H,19,21,23). The van der Waals surface area contributed by atoms with E-state index in [9.17, 15) is 14.9 Å². The summed E-state index contributed by atoms with van der Waals surface area (Å²) in [6.07, 6.45) is 0. The fourth-order valence-corrected chi connectivity index (χ4v) is 3.52. The molecule has 0 fully saturated rings. The molecule has 2 aromatic carbocycles. The minimum Gasteiger partial charge on any atom is -0.403 e. The van der Waals surface area contributed by atoms with Crippen LogP contribution in [0.15, 0.2) is 52.9 Å². The van der Waals surface area contributed by atoms with E-state index in [0.29, 0.717) is 16.2 Å². The van der Waals surface area contributed by atoms with E-state index < -0.39 is 10.8 Å². The fraction of sp³-hybridized carbons (Fsp3) is 0.0556. The number of nitro benzene ring substituents is 1. The average Bonchev–Trinajstić information content (AvgIpc) is 3.27. The summed E-state index contributed by atoms with van der Waals surface area (Å²) in [5, 5.41) is 21.8. The number of thiophene rings is 1. The van der Waals surface area contributed by atoms with Crippen molar-refractivity contribution >= 4 is 39.0 Å². The molecule has 2 heterocycles. The highest BCUT2D eigenvalue weighted by Gasteiger charge is 2.16. The van der Waals surface area contributed by atoms with Crippen LogP contribution < -0.4 is 5.32 Å². The summed E-state index contributed by atoms with van der Waals surface area (Å²) in [5.74, 6) is -0.112. The van der Waals surface area contributed by atoms with Crippen LogP contribution in [0, 0.1) is 17.0 Å². The molecular formula is C18H12N4O4S. The first-order chi connectivity index (χ1) is 13.0. The first-order valence-corrected chi connectivity index (χ1v) is 8.71. The van der Waals surface area contributed by atoms with Gasteiger partial charge in [0.25, 0.3) is 11.6 Å². The van der Waals surface area contributed by atoms with E-state index in [-0.39, 0.29) is 11.7 Å². The third-order valence-corrected chi connectivity index (χ3v) is 4.96. The number of hydrogen-bond donors (Lipinski definition) is 1. The number of nitrogens with one attached hydrogen (secondary N) is 1. The van der Waals surface area contributed by atoms with E-state index in [0.717, 1.165) is 15.8 Å². The van der Waals surface area contributed by atoms with Crippen LogP contribution in [0.4, 0.5) is 11.7 Å². The maximum absolute atomic E-state index is 12.4. The SMILES string of the molecule is Cc1cccc(-c2nnc(NC(=O)c3cc4cc([N+](=O)[O-])ccc4s3)o2)c1. The van der Waals surface area contributed by atoms with Crippen molar-refractivity contribution < 1.29 is 14.1 Å². The molecule has 27 heavy (non-hydrogen) atoms. The largest absolute Gasteiger partial charge is 0.403 e. The van der Waals surface area contributed by atoms with Gasteiger partial charge in [0.05, 0.1) is 9.80 Å². The van der Waals surface area contributed by atoms with Gasteiger partial charge in [-0.1, -0.05) is 22.8 Å². The second-order valence-corrected chi connectivity index (χ2v) is 6.91. The second kappa shape index (κ2) is 6.61. The lowest BCUT2D eigenvalue weighted by Crippen LogP contribution is -2.10. The van der Waals surface area contributed by atoms with E-state index in [4.69, 9.17) is 4.42 Å². The molecule has 2 aromatic heterocycles. The zero-order valence-corrected chi connectivity index (χ0v) is 14.8. The van der Waals surface area contributed by atoms with Gasteiger partial charge in [0.15, 0.2) is 0 Å². The highest BCUT2D eigenvalue weighted by Crippen LogP contribution is 2.29. The normalized spacial score (nSPS) is 10.9. The zero-order chi connectivity index (χ0) is 19.0. The van der Waals surface area contributed by atoms with Gasteiger partial charge in [-0.25, -0.2) is 0 Å². The Hall–Kier alpha value is -3.59. The van der Waals surface area contributed by atoms with Crippen LogP contribution in [0.2, 0.25) is 0 Å². The molecule has 134 valence electrons. The Labute approximate surface area is 156 Å². The second-order valence-electron chi connectivity index (χ2n) is 5.83. The first-order valence-electron chi connectivity index (χ1n) is 7.89. The lowest BCUT2D eigenvalue weighted by Gasteiger charge is -1.97. The topological polar surface area (TPSA) is 111 Å². The molecule has 1 N–H and O–H groups in total. The zero-order valence-electron chi connectivity index (χ0n) is 14.0. The number of nitro groups is 1. The van der Waals surface area contributed by atoms with Crippen LogP contribution in [0.25, 0.3) is 21.5 Å². The van der Waals surface area contributed by atoms with Gasteiger partial charge in [0.2, 0.25) is 5.89 Å². The third-order valence-electron chi connectivity index (χ3n) is 3.84. The number of aromatic nitrogens is 2. The Kier molecular flexibility index (Phi) is 4.13. The highest BCUT2D eigenvalue weighted by atomic mass is 32.1. The average molecular weight is 380 g/mol. The number of carbonyl (C=O) groups excluding carboxylic acids is 1. The summed E-state index contributed by atoms with van der Waals surface area (Å²) in [7, 11) is 0. The number of anilines is 1. The van der Waals surface area contributed by atoms with Crippen LogP contribution in [-0.4, -0.2) is 21.0 Å². The molecule has 8 nitrogen and oxygen atoms in total. The van der Waals surface area contributed by atoms with Crippen LogP contribution in [0.5, 0.6) is 0 Å². The van der Waals surface area contributed by atoms with Gasteiger partial charge in [0, 0.05) is 27.8 Å². The van der Waals surface area contributed by atoms with E-state index in [1.165, 1.54) is 23.5 Å². The summed E-state index contributed by atoms with van der Waals surface area (Å²) in [5.41, 5.74) is 1.79. The van der Waals surface area contributed by atoms with Crippen molar-refractivity contribution in [2.45, 2.75) is 6.92 Å². The monoisotopic (exact) mass is 380 g/mol. The Morgan fingerprint density at radius 2 is 2.04 bits per heavy atom. The van der Waals surface area contributed by atoms with E-state index in [2.05, 4.69) is 15.5 Å². The number of carbonyl (C=O) groups is 1. The summed E-state index contributed by atoms with van der Waals surface area (Å²) in [6.45, 7) is 1.95. The molecule has 4 aromatic rings. The van der Waals surface area contributed by atoms with Gasteiger partial charge in [-0.05, 0) is 31.2 Å². The van der Waals surface area contributed by atoms with Crippen molar-refractivity contribution in [2.24, 2.45) is 0 Å². The quantitative estimate of drug-likeness (QED) is 0.414. The molecule has 0 unspecified atom stereocenters. The molecular weight excluding hydrogens is 368 g/mol. The van der Waals surface area contributed by atoms with E-state index >= 15 is 0 Å². The van der Waals surface area contributed by atoms with Crippen molar-refractivity contribution in [3.63, 3.8) is 0 Å². The smallest absolute Gasteiger partial charge is 0.322 e. The molecule has 1 amide bonds. The number of non-ortho nitro benzene ring substituents is 1. The third kappa shape index (κ3) is 3.40. The molecule has 0 spiro atoms. The number of fused-ring (bicyclic) bond motifs is 1. The van der Waals surface area contributed by atoms with Crippen LogP contribution >= 0.6 is 11.3 Å². The fourth-order valence-electron chi connectivity index (χ4n) is 2.58. The van der Waals surface area contributed by atoms with E-state index in [1.54, 1.807) is 12.1 Å². The lowest BCUT2D eigenvalue weighted by molar-refractivity contribution is -0.384. The summed E-state index contributed by atoms with van der Waals surface area (Å²) >= 11 is 1.23. The van der Waals surface area contributed by atoms with Gasteiger partial charge >= 0.3 is 6.01 Å². The number of amides is 1. The van der Waals surface area contributed by atoms with Gasteiger partial charge in [-0.15, -0.1) is 16.4 Å².